The fourth-order valence-electron chi connectivity index (χ4n) is 2.40. The van der Waals surface area contributed by atoms with Gasteiger partial charge in [-0.25, -0.2) is 9.18 Å². The van der Waals surface area contributed by atoms with Crippen molar-refractivity contribution >= 4 is 29.0 Å². The van der Waals surface area contributed by atoms with Crippen LogP contribution in [0.2, 0.25) is 0 Å². The highest BCUT2D eigenvalue weighted by molar-refractivity contribution is 5.92. The number of carbonyl (C=O) groups is 2. The van der Waals surface area contributed by atoms with Gasteiger partial charge in [0.15, 0.2) is 0 Å². The first kappa shape index (κ1) is 19.8. The topological polar surface area (TPSA) is 105 Å². The molecule has 2 rings (SSSR count). The highest BCUT2D eigenvalue weighted by Crippen LogP contribution is 2.24. The van der Waals surface area contributed by atoms with Gasteiger partial charge in [0.1, 0.15) is 5.82 Å². The van der Waals surface area contributed by atoms with E-state index in [1.165, 1.54) is 43.1 Å². The third-order valence-corrected chi connectivity index (χ3v) is 3.99. The van der Waals surface area contributed by atoms with Crippen molar-refractivity contribution < 1.29 is 18.9 Å². The Hall–Kier alpha value is -3.49. The number of anilines is 2. The minimum absolute atomic E-state index is 0.0466. The van der Waals surface area contributed by atoms with Crippen LogP contribution >= 0.6 is 0 Å². The van der Waals surface area contributed by atoms with E-state index in [1.54, 1.807) is 19.1 Å². The van der Waals surface area contributed by atoms with Crippen molar-refractivity contribution in [1.29, 1.82) is 0 Å². The van der Waals surface area contributed by atoms with E-state index in [0.29, 0.717) is 11.3 Å². The van der Waals surface area contributed by atoms with Crippen LogP contribution in [0.5, 0.6) is 0 Å². The van der Waals surface area contributed by atoms with Crippen molar-refractivity contribution in [3.8, 4) is 0 Å². The monoisotopic (exact) mass is 374 g/mol. The van der Waals surface area contributed by atoms with E-state index in [1.807, 2.05) is 0 Å². The van der Waals surface area contributed by atoms with E-state index in [4.69, 9.17) is 0 Å². The summed E-state index contributed by atoms with van der Waals surface area (Å²) in [5.74, 6) is -1.06. The van der Waals surface area contributed by atoms with Crippen molar-refractivity contribution in [2.75, 3.05) is 17.7 Å². The highest BCUT2D eigenvalue weighted by atomic mass is 19.1. The summed E-state index contributed by atoms with van der Waals surface area (Å²) in [6.07, 6.45) is 0. The standard InChI is InChI=1S/C18H19FN4O4/c1-11(13-5-4-6-15(9-13)23(26)27)22(3)18(25)21-14-7-8-16(19)17(10-14)20-12(2)24/h4-11H,1-3H3,(H,20,24)(H,21,25). The molecule has 0 heterocycles. The molecule has 0 bridgehead atoms. The lowest BCUT2D eigenvalue weighted by atomic mass is 10.1. The van der Waals surface area contributed by atoms with Crippen LogP contribution in [0.3, 0.4) is 0 Å². The lowest BCUT2D eigenvalue weighted by Crippen LogP contribution is -2.33. The number of urea groups is 1. The van der Waals surface area contributed by atoms with Crippen LogP contribution in [0.4, 0.5) is 26.2 Å². The summed E-state index contributed by atoms with van der Waals surface area (Å²) >= 11 is 0. The van der Waals surface area contributed by atoms with Gasteiger partial charge in [-0.1, -0.05) is 12.1 Å². The minimum Gasteiger partial charge on any atom is -0.324 e. The van der Waals surface area contributed by atoms with Gasteiger partial charge in [0.2, 0.25) is 5.91 Å². The zero-order chi connectivity index (χ0) is 20.1. The number of halogens is 1. The van der Waals surface area contributed by atoms with Crippen LogP contribution in [-0.4, -0.2) is 28.8 Å². The molecule has 0 aliphatic heterocycles. The average Bonchev–Trinajstić information content (AvgIpc) is 2.62. The van der Waals surface area contributed by atoms with Crippen LogP contribution in [0.25, 0.3) is 0 Å². The molecule has 142 valence electrons. The third kappa shape index (κ3) is 5.00. The Morgan fingerprint density at radius 2 is 1.89 bits per heavy atom. The molecule has 0 saturated heterocycles. The van der Waals surface area contributed by atoms with Gasteiger partial charge in [-0.3, -0.25) is 14.9 Å². The van der Waals surface area contributed by atoms with Gasteiger partial charge in [0, 0.05) is 31.8 Å². The normalized spacial score (nSPS) is 11.4. The van der Waals surface area contributed by atoms with Crippen molar-refractivity contribution in [2.24, 2.45) is 0 Å². The maximum absolute atomic E-state index is 13.7. The summed E-state index contributed by atoms with van der Waals surface area (Å²) in [6.45, 7) is 2.98. The quantitative estimate of drug-likeness (QED) is 0.611. The second-order valence-electron chi connectivity index (χ2n) is 5.94. The third-order valence-electron chi connectivity index (χ3n) is 3.99. The van der Waals surface area contributed by atoms with Gasteiger partial charge in [-0.2, -0.15) is 0 Å². The summed E-state index contributed by atoms with van der Waals surface area (Å²) in [5, 5.41) is 15.9. The van der Waals surface area contributed by atoms with Gasteiger partial charge >= 0.3 is 6.03 Å². The maximum atomic E-state index is 13.7. The van der Waals surface area contributed by atoms with Crippen molar-refractivity contribution in [2.45, 2.75) is 19.9 Å². The first-order valence-electron chi connectivity index (χ1n) is 8.04. The summed E-state index contributed by atoms with van der Waals surface area (Å²) in [6, 6.07) is 8.88. The van der Waals surface area contributed by atoms with Gasteiger partial charge in [-0.05, 0) is 30.7 Å². The molecule has 1 atom stereocenters. The van der Waals surface area contributed by atoms with Gasteiger partial charge < -0.3 is 15.5 Å². The molecule has 1 unspecified atom stereocenters. The number of hydrogen-bond acceptors (Lipinski definition) is 4. The van der Waals surface area contributed by atoms with E-state index >= 15 is 0 Å². The van der Waals surface area contributed by atoms with Crippen molar-refractivity contribution in [3.63, 3.8) is 0 Å². The number of non-ortho nitro benzene ring substituents is 1. The molecular weight excluding hydrogens is 355 g/mol. The van der Waals surface area contributed by atoms with Crippen LogP contribution in [0, 0.1) is 15.9 Å². The number of nitrogens with one attached hydrogen (secondary N) is 2. The number of nitro groups is 1. The van der Waals surface area contributed by atoms with Crippen molar-refractivity contribution in [1.82, 2.24) is 4.90 Å². The van der Waals surface area contributed by atoms with Crippen LogP contribution < -0.4 is 10.6 Å². The minimum atomic E-state index is -0.624. The fraction of sp³-hybridized carbons (Fsp3) is 0.222. The molecule has 2 N–H and O–H groups in total. The predicted octanol–water partition coefficient (Wildman–Crippen LogP) is 3.92. The average molecular weight is 374 g/mol. The molecule has 0 spiro atoms. The summed E-state index contributed by atoms with van der Waals surface area (Å²) in [5.41, 5.74) is 0.782. The second-order valence-corrected chi connectivity index (χ2v) is 5.94. The van der Waals surface area contributed by atoms with E-state index in [2.05, 4.69) is 10.6 Å². The van der Waals surface area contributed by atoms with E-state index in [9.17, 15) is 24.1 Å². The Kier molecular flexibility index (Phi) is 6.07. The van der Waals surface area contributed by atoms with Crippen LogP contribution in [-0.2, 0) is 4.79 Å². The first-order chi connectivity index (χ1) is 12.7. The van der Waals surface area contributed by atoms with E-state index in [-0.39, 0.29) is 11.4 Å². The number of nitro benzene ring substituents is 1. The van der Waals surface area contributed by atoms with E-state index in [0.717, 1.165) is 6.07 Å². The van der Waals surface area contributed by atoms with Crippen molar-refractivity contribution in [3.05, 3.63) is 64.0 Å². The Morgan fingerprint density at radius 3 is 2.52 bits per heavy atom. The maximum Gasteiger partial charge on any atom is 0.322 e. The molecule has 3 amide bonds. The number of benzene rings is 2. The van der Waals surface area contributed by atoms with E-state index < -0.39 is 28.7 Å². The number of rotatable bonds is 5. The largest absolute Gasteiger partial charge is 0.324 e. The highest BCUT2D eigenvalue weighted by Gasteiger charge is 2.20. The molecule has 2 aromatic carbocycles. The molecule has 0 radical (unpaired) electrons. The van der Waals surface area contributed by atoms with Crippen LogP contribution in [0.15, 0.2) is 42.5 Å². The zero-order valence-corrected chi connectivity index (χ0v) is 15.0. The number of amides is 3. The molecule has 8 nitrogen and oxygen atoms in total. The molecule has 2 aromatic rings. The number of carbonyl (C=O) groups excluding carboxylic acids is 2. The summed E-state index contributed by atoms with van der Waals surface area (Å²) < 4.78 is 13.7. The number of hydrogen-bond donors (Lipinski definition) is 2. The fourth-order valence-corrected chi connectivity index (χ4v) is 2.40. The molecule has 0 aromatic heterocycles. The molecule has 9 heteroatoms. The molecule has 27 heavy (non-hydrogen) atoms. The van der Waals surface area contributed by atoms with Gasteiger partial charge in [0.05, 0.1) is 16.7 Å². The Morgan fingerprint density at radius 1 is 1.19 bits per heavy atom. The summed E-state index contributed by atoms with van der Waals surface area (Å²) in [4.78, 5) is 35.3. The number of nitrogens with zero attached hydrogens (tertiary/aromatic N) is 2. The molecule has 0 fully saturated rings. The smallest absolute Gasteiger partial charge is 0.322 e. The second kappa shape index (κ2) is 8.26. The molecule has 0 saturated carbocycles. The van der Waals surface area contributed by atoms with Gasteiger partial charge in [0.25, 0.3) is 5.69 Å². The lowest BCUT2D eigenvalue weighted by Gasteiger charge is -2.25. The Labute approximate surface area is 155 Å². The first-order valence-corrected chi connectivity index (χ1v) is 8.04. The lowest BCUT2D eigenvalue weighted by molar-refractivity contribution is -0.384. The van der Waals surface area contributed by atoms with Crippen LogP contribution in [0.1, 0.15) is 25.5 Å². The Bertz CT molecular complexity index is 887. The predicted molar refractivity (Wildman–Crippen MR) is 99.0 cm³/mol. The molecule has 0 aliphatic carbocycles. The molecule has 0 aliphatic rings. The van der Waals surface area contributed by atoms with Gasteiger partial charge in [-0.15, -0.1) is 0 Å². The summed E-state index contributed by atoms with van der Waals surface area (Å²) in [7, 11) is 1.54. The molecular formula is C18H19FN4O4. The SMILES string of the molecule is CC(=O)Nc1cc(NC(=O)N(C)C(C)c2cccc([N+](=O)[O-])c2)ccc1F. The Balaban J connectivity index is 2.14. The zero-order valence-electron chi connectivity index (χ0n) is 15.0.